The molecule has 96 valence electrons. The zero-order valence-corrected chi connectivity index (χ0v) is 10.7. The van der Waals surface area contributed by atoms with Crippen LogP contribution in [-0.2, 0) is 10.0 Å². The fraction of sp³-hybridized carbons (Fsp3) is 0.500. The Balaban J connectivity index is 2.92. The van der Waals surface area contributed by atoms with Crippen LogP contribution in [0.1, 0.15) is 13.3 Å². The van der Waals surface area contributed by atoms with E-state index in [1.165, 1.54) is 19.3 Å². The molecule has 1 heterocycles. The number of hydrogen-bond donors (Lipinski definition) is 2. The maximum absolute atomic E-state index is 12.1. The smallest absolute Gasteiger partial charge is 0.262 e. The normalized spacial score (nSPS) is 13.9. The Morgan fingerprint density at radius 1 is 1.59 bits per heavy atom. The summed E-state index contributed by atoms with van der Waals surface area (Å²) in [5.74, 6) is 0. The van der Waals surface area contributed by atoms with Gasteiger partial charge in [0.25, 0.3) is 10.0 Å². The molecule has 1 unspecified atom stereocenters. The first-order valence-electron chi connectivity index (χ1n) is 5.20. The predicted molar refractivity (Wildman–Crippen MR) is 64.8 cm³/mol. The maximum Gasteiger partial charge on any atom is 0.262 e. The molecule has 0 amide bonds. The van der Waals surface area contributed by atoms with Gasteiger partial charge in [-0.2, -0.15) is 4.31 Å². The maximum atomic E-state index is 12.1. The van der Waals surface area contributed by atoms with Crippen molar-refractivity contribution in [1.82, 2.24) is 9.29 Å². The van der Waals surface area contributed by atoms with E-state index in [2.05, 4.69) is 4.98 Å². The van der Waals surface area contributed by atoms with Crippen LogP contribution in [0.15, 0.2) is 23.4 Å². The summed E-state index contributed by atoms with van der Waals surface area (Å²) < 4.78 is 25.3. The van der Waals surface area contributed by atoms with E-state index in [0.29, 0.717) is 6.42 Å². The fourth-order valence-electron chi connectivity index (χ4n) is 1.26. The summed E-state index contributed by atoms with van der Waals surface area (Å²) in [4.78, 5) is 3.78. The molecular formula is C10H17N3O3S. The molecule has 0 aromatic carbocycles. The molecule has 0 spiro atoms. The van der Waals surface area contributed by atoms with Crippen molar-refractivity contribution in [2.45, 2.75) is 24.5 Å². The predicted octanol–water partition coefficient (Wildman–Crippen LogP) is 0.0552. The van der Waals surface area contributed by atoms with Gasteiger partial charge in [-0.3, -0.25) is 0 Å². The summed E-state index contributed by atoms with van der Waals surface area (Å²) >= 11 is 0. The first-order valence-corrected chi connectivity index (χ1v) is 6.64. The molecule has 0 aliphatic heterocycles. The molecule has 6 nitrogen and oxygen atoms in total. The van der Waals surface area contributed by atoms with E-state index in [-0.39, 0.29) is 17.3 Å². The van der Waals surface area contributed by atoms with Gasteiger partial charge in [-0.15, -0.1) is 0 Å². The van der Waals surface area contributed by atoms with Crippen molar-refractivity contribution in [2.24, 2.45) is 0 Å². The Kier molecular flexibility index (Phi) is 4.44. The summed E-state index contributed by atoms with van der Waals surface area (Å²) in [5, 5.41) is 8.99. The van der Waals surface area contributed by atoms with E-state index in [1.54, 1.807) is 13.0 Å². The highest BCUT2D eigenvalue weighted by Crippen LogP contribution is 2.18. The Morgan fingerprint density at radius 2 is 2.24 bits per heavy atom. The highest BCUT2D eigenvalue weighted by Gasteiger charge is 2.24. The second kappa shape index (κ2) is 5.44. The second-order valence-electron chi connectivity index (χ2n) is 3.86. The lowest BCUT2D eigenvalue weighted by Crippen LogP contribution is -2.30. The number of nitrogens with two attached hydrogens (primary N) is 1. The standard InChI is InChI=1S/C10H17N3O3S/c1-8(14)5-7-13(2)17(15,16)10-9(11)4-3-6-12-10/h3-4,6,8,14H,5,7,11H2,1-2H3. The first-order chi connectivity index (χ1) is 7.85. The van der Waals surface area contributed by atoms with E-state index >= 15 is 0 Å². The zero-order valence-electron chi connectivity index (χ0n) is 9.87. The molecule has 1 aromatic rings. The number of aromatic nitrogens is 1. The number of aliphatic hydroxyl groups excluding tert-OH is 1. The van der Waals surface area contributed by atoms with Gasteiger partial charge >= 0.3 is 0 Å². The van der Waals surface area contributed by atoms with Gasteiger partial charge in [0.1, 0.15) is 0 Å². The van der Waals surface area contributed by atoms with Crippen molar-refractivity contribution in [3.05, 3.63) is 18.3 Å². The molecule has 3 N–H and O–H groups in total. The van der Waals surface area contributed by atoms with Crippen molar-refractivity contribution in [3.63, 3.8) is 0 Å². The molecule has 1 rings (SSSR count). The summed E-state index contributed by atoms with van der Waals surface area (Å²) in [6, 6.07) is 3.06. The minimum Gasteiger partial charge on any atom is -0.396 e. The van der Waals surface area contributed by atoms with Crippen LogP contribution in [0.4, 0.5) is 5.69 Å². The van der Waals surface area contributed by atoms with Crippen molar-refractivity contribution in [1.29, 1.82) is 0 Å². The molecule has 1 atom stereocenters. The van der Waals surface area contributed by atoms with Gasteiger partial charge in [0.2, 0.25) is 0 Å². The lowest BCUT2D eigenvalue weighted by molar-refractivity contribution is 0.177. The average molecular weight is 259 g/mol. The van der Waals surface area contributed by atoms with Crippen molar-refractivity contribution in [3.8, 4) is 0 Å². The molecule has 0 saturated heterocycles. The number of hydrogen-bond acceptors (Lipinski definition) is 5. The van der Waals surface area contributed by atoms with E-state index < -0.39 is 16.1 Å². The third kappa shape index (κ3) is 3.39. The van der Waals surface area contributed by atoms with Crippen LogP contribution in [0.2, 0.25) is 0 Å². The Hall–Kier alpha value is -1.18. The number of anilines is 1. The summed E-state index contributed by atoms with van der Waals surface area (Å²) in [6.07, 6.45) is 1.20. The lowest BCUT2D eigenvalue weighted by atomic mass is 10.3. The largest absolute Gasteiger partial charge is 0.396 e. The van der Waals surface area contributed by atoms with E-state index in [0.717, 1.165) is 4.31 Å². The molecule has 0 fully saturated rings. The highest BCUT2D eigenvalue weighted by molar-refractivity contribution is 7.89. The summed E-state index contributed by atoms with van der Waals surface area (Å²) in [6.45, 7) is 1.83. The molecule has 0 bridgehead atoms. The molecule has 17 heavy (non-hydrogen) atoms. The number of aliphatic hydroxyl groups is 1. The quantitative estimate of drug-likeness (QED) is 0.779. The van der Waals surface area contributed by atoms with E-state index in [4.69, 9.17) is 10.8 Å². The molecule has 0 saturated carbocycles. The monoisotopic (exact) mass is 259 g/mol. The van der Waals surface area contributed by atoms with Crippen LogP contribution in [0.25, 0.3) is 0 Å². The van der Waals surface area contributed by atoms with Gasteiger partial charge in [0.15, 0.2) is 5.03 Å². The van der Waals surface area contributed by atoms with Gasteiger partial charge in [-0.1, -0.05) is 0 Å². The zero-order chi connectivity index (χ0) is 13.1. The Morgan fingerprint density at radius 3 is 2.76 bits per heavy atom. The Bertz CT molecular complexity index is 473. The van der Waals surface area contributed by atoms with Crippen LogP contribution < -0.4 is 5.73 Å². The van der Waals surface area contributed by atoms with Crippen LogP contribution in [0, 0.1) is 0 Å². The molecule has 0 aliphatic carbocycles. The molecule has 0 aliphatic rings. The number of nitrogens with zero attached hydrogens (tertiary/aromatic N) is 2. The molecule has 7 heteroatoms. The minimum absolute atomic E-state index is 0.122. The lowest BCUT2D eigenvalue weighted by Gasteiger charge is -2.17. The third-order valence-corrected chi connectivity index (χ3v) is 4.15. The molecule has 0 radical (unpaired) electrons. The number of sulfonamides is 1. The Labute approximate surface area is 101 Å². The van der Waals surface area contributed by atoms with Crippen molar-refractivity contribution >= 4 is 15.7 Å². The highest BCUT2D eigenvalue weighted by atomic mass is 32.2. The fourth-order valence-corrected chi connectivity index (χ4v) is 2.46. The minimum atomic E-state index is -3.68. The molecule has 1 aromatic heterocycles. The van der Waals surface area contributed by atoms with Gasteiger partial charge in [0.05, 0.1) is 11.8 Å². The van der Waals surface area contributed by atoms with Crippen LogP contribution >= 0.6 is 0 Å². The topological polar surface area (TPSA) is 96.5 Å². The van der Waals surface area contributed by atoms with E-state index in [1.807, 2.05) is 0 Å². The average Bonchev–Trinajstić information content (AvgIpc) is 2.26. The molecular weight excluding hydrogens is 242 g/mol. The summed E-state index contributed by atoms with van der Waals surface area (Å²) in [7, 11) is -2.24. The number of rotatable bonds is 5. The second-order valence-corrected chi connectivity index (χ2v) is 5.82. The SMILES string of the molecule is CC(O)CCN(C)S(=O)(=O)c1ncccc1N. The van der Waals surface area contributed by atoms with Crippen LogP contribution in [-0.4, -0.2) is 42.5 Å². The van der Waals surface area contributed by atoms with Crippen molar-refractivity contribution < 1.29 is 13.5 Å². The van der Waals surface area contributed by atoms with Gasteiger partial charge < -0.3 is 10.8 Å². The van der Waals surface area contributed by atoms with Gasteiger partial charge in [-0.25, -0.2) is 13.4 Å². The summed E-state index contributed by atoms with van der Waals surface area (Å²) in [5.41, 5.74) is 5.70. The van der Waals surface area contributed by atoms with Gasteiger partial charge in [-0.05, 0) is 25.5 Å². The first kappa shape index (κ1) is 13.9. The van der Waals surface area contributed by atoms with Crippen LogP contribution in [0.5, 0.6) is 0 Å². The third-order valence-electron chi connectivity index (χ3n) is 2.32. The van der Waals surface area contributed by atoms with E-state index in [9.17, 15) is 8.42 Å². The van der Waals surface area contributed by atoms with Crippen molar-refractivity contribution in [2.75, 3.05) is 19.3 Å². The van der Waals surface area contributed by atoms with Gasteiger partial charge in [0, 0.05) is 19.8 Å². The van der Waals surface area contributed by atoms with Crippen LogP contribution in [0.3, 0.4) is 0 Å². The number of pyridine rings is 1. The number of nitrogen functional groups attached to an aromatic ring is 1.